The number of carbonyl (C=O) groups excluding carboxylic acids is 1. The van der Waals surface area contributed by atoms with Crippen LogP contribution < -0.4 is 10.9 Å². The molecule has 4 nitrogen and oxygen atoms in total. The van der Waals surface area contributed by atoms with Gasteiger partial charge in [-0.1, -0.05) is 19.3 Å². The van der Waals surface area contributed by atoms with Crippen molar-refractivity contribution in [2.24, 2.45) is 0 Å². The van der Waals surface area contributed by atoms with E-state index in [0.29, 0.717) is 5.56 Å². The largest absolute Gasteiger partial charge is 0.338 e. The number of H-pyrrole nitrogens is 1. The molecule has 0 aromatic carbocycles. The van der Waals surface area contributed by atoms with Crippen LogP contribution in [0.25, 0.3) is 0 Å². The first kappa shape index (κ1) is 12.1. The molecule has 1 aromatic heterocycles. The summed E-state index contributed by atoms with van der Waals surface area (Å²) < 4.78 is 0. The lowest BCUT2D eigenvalue weighted by molar-refractivity contribution is 0.0944. The molecular weight excluding hydrogens is 204 g/mol. The van der Waals surface area contributed by atoms with Gasteiger partial charge >= 0.3 is 0 Å². The summed E-state index contributed by atoms with van der Waals surface area (Å²) >= 11 is 0. The van der Waals surface area contributed by atoms with E-state index < -0.39 is 0 Å². The molecule has 0 aliphatic heterocycles. The standard InChI is InChI=1S/C12H14N2O2/c1-3-5-10(4-2)14-12(16)9-6-7-11(15)13-8-9/h2,6-8,10H,3,5H2,1H3,(H,13,15)(H,14,16). The maximum absolute atomic E-state index is 11.7. The number of hydrogen-bond donors (Lipinski definition) is 2. The number of pyridine rings is 1. The van der Waals surface area contributed by atoms with Crippen LogP contribution in [0.3, 0.4) is 0 Å². The van der Waals surface area contributed by atoms with Gasteiger partial charge in [-0.25, -0.2) is 0 Å². The van der Waals surface area contributed by atoms with Gasteiger partial charge in [0.15, 0.2) is 0 Å². The normalized spacial score (nSPS) is 11.5. The van der Waals surface area contributed by atoms with E-state index in [1.54, 1.807) is 0 Å². The van der Waals surface area contributed by atoms with Gasteiger partial charge in [-0.15, -0.1) is 6.42 Å². The van der Waals surface area contributed by atoms with Gasteiger partial charge in [0.2, 0.25) is 5.56 Å². The molecule has 1 unspecified atom stereocenters. The third-order valence-corrected chi connectivity index (χ3v) is 2.13. The number of aromatic nitrogens is 1. The predicted octanol–water partition coefficient (Wildman–Crippen LogP) is 0.907. The van der Waals surface area contributed by atoms with E-state index in [0.717, 1.165) is 12.8 Å². The van der Waals surface area contributed by atoms with Crippen LogP contribution in [0.4, 0.5) is 0 Å². The lowest BCUT2D eigenvalue weighted by Crippen LogP contribution is -2.33. The summed E-state index contributed by atoms with van der Waals surface area (Å²) in [7, 11) is 0. The van der Waals surface area contributed by atoms with E-state index >= 15 is 0 Å². The van der Waals surface area contributed by atoms with Crippen molar-refractivity contribution in [3.63, 3.8) is 0 Å². The fourth-order valence-corrected chi connectivity index (χ4v) is 1.28. The lowest BCUT2D eigenvalue weighted by Gasteiger charge is -2.11. The summed E-state index contributed by atoms with van der Waals surface area (Å²) in [5, 5.41) is 2.71. The second-order valence-electron chi connectivity index (χ2n) is 3.42. The Balaban J connectivity index is 2.68. The Bertz CT molecular complexity index is 436. The van der Waals surface area contributed by atoms with Gasteiger partial charge in [0.25, 0.3) is 5.91 Å². The highest BCUT2D eigenvalue weighted by Gasteiger charge is 2.10. The zero-order chi connectivity index (χ0) is 12.0. The average Bonchev–Trinajstić information content (AvgIpc) is 2.29. The maximum atomic E-state index is 11.7. The first-order valence-electron chi connectivity index (χ1n) is 5.13. The zero-order valence-electron chi connectivity index (χ0n) is 9.12. The van der Waals surface area contributed by atoms with E-state index in [9.17, 15) is 9.59 Å². The number of amides is 1. The molecule has 0 spiro atoms. The Morgan fingerprint density at radius 3 is 2.88 bits per heavy atom. The zero-order valence-corrected chi connectivity index (χ0v) is 9.12. The van der Waals surface area contributed by atoms with Crippen molar-refractivity contribution in [2.75, 3.05) is 0 Å². The van der Waals surface area contributed by atoms with Crippen LogP contribution >= 0.6 is 0 Å². The molecule has 0 saturated heterocycles. The van der Waals surface area contributed by atoms with Crippen molar-refractivity contribution in [3.05, 3.63) is 34.2 Å². The smallest absolute Gasteiger partial charge is 0.253 e. The van der Waals surface area contributed by atoms with Crippen molar-refractivity contribution in [2.45, 2.75) is 25.8 Å². The van der Waals surface area contributed by atoms with Crippen molar-refractivity contribution in [1.29, 1.82) is 0 Å². The monoisotopic (exact) mass is 218 g/mol. The molecule has 1 aromatic rings. The van der Waals surface area contributed by atoms with Gasteiger partial charge in [0, 0.05) is 12.3 Å². The van der Waals surface area contributed by atoms with Gasteiger partial charge in [-0.05, 0) is 12.5 Å². The minimum Gasteiger partial charge on any atom is -0.338 e. The molecular formula is C12H14N2O2. The minimum absolute atomic E-state index is 0.237. The quantitative estimate of drug-likeness (QED) is 0.738. The fraction of sp³-hybridized carbons (Fsp3) is 0.333. The number of terminal acetylenes is 1. The average molecular weight is 218 g/mol. The van der Waals surface area contributed by atoms with Crippen molar-refractivity contribution < 1.29 is 4.79 Å². The SMILES string of the molecule is C#CC(CCC)NC(=O)c1ccc(=O)[nH]c1. The summed E-state index contributed by atoms with van der Waals surface area (Å²) in [4.78, 5) is 24.9. The van der Waals surface area contributed by atoms with Gasteiger partial charge < -0.3 is 10.3 Å². The Morgan fingerprint density at radius 1 is 1.62 bits per heavy atom. The van der Waals surface area contributed by atoms with Crippen LogP contribution in [0.5, 0.6) is 0 Å². The Kier molecular flexibility index (Phi) is 4.34. The van der Waals surface area contributed by atoms with Crippen LogP contribution in [0.15, 0.2) is 23.1 Å². The molecule has 0 bridgehead atoms. The summed E-state index contributed by atoms with van der Waals surface area (Å²) in [6, 6.07) is 2.51. The minimum atomic E-state index is -0.271. The molecule has 1 atom stereocenters. The molecule has 2 N–H and O–H groups in total. The molecule has 0 aliphatic rings. The highest BCUT2D eigenvalue weighted by Crippen LogP contribution is 1.98. The first-order valence-corrected chi connectivity index (χ1v) is 5.13. The second kappa shape index (κ2) is 5.76. The second-order valence-corrected chi connectivity index (χ2v) is 3.42. The van der Waals surface area contributed by atoms with Gasteiger partial charge in [0.05, 0.1) is 11.6 Å². The molecule has 0 aliphatic carbocycles. The van der Waals surface area contributed by atoms with Crippen molar-refractivity contribution in [3.8, 4) is 12.3 Å². The number of hydrogen-bond acceptors (Lipinski definition) is 2. The molecule has 1 heterocycles. The molecule has 4 heteroatoms. The van der Waals surface area contributed by atoms with E-state index in [1.807, 2.05) is 6.92 Å². The number of nitrogens with one attached hydrogen (secondary N) is 2. The van der Waals surface area contributed by atoms with Gasteiger partial charge in [0.1, 0.15) is 0 Å². The number of rotatable bonds is 4. The molecule has 84 valence electrons. The van der Waals surface area contributed by atoms with E-state index in [4.69, 9.17) is 6.42 Å². The molecule has 1 amide bonds. The number of carbonyl (C=O) groups is 1. The highest BCUT2D eigenvalue weighted by atomic mass is 16.2. The summed E-state index contributed by atoms with van der Waals surface area (Å²) in [5.74, 6) is 2.24. The Labute approximate surface area is 94.1 Å². The van der Waals surface area contributed by atoms with E-state index in [2.05, 4.69) is 16.2 Å². The Morgan fingerprint density at radius 2 is 2.38 bits per heavy atom. The van der Waals surface area contributed by atoms with Crippen LogP contribution in [-0.4, -0.2) is 16.9 Å². The summed E-state index contributed by atoms with van der Waals surface area (Å²) in [5.41, 5.74) is 0.162. The number of aromatic amines is 1. The third kappa shape index (κ3) is 3.28. The van der Waals surface area contributed by atoms with Crippen LogP contribution in [0, 0.1) is 12.3 Å². The van der Waals surface area contributed by atoms with Gasteiger partial charge in [-0.3, -0.25) is 9.59 Å². The van der Waals surface area contributed by atoms with E-state index in [-0.39, 0.29) is 17.5 Å². The van der Waals surface area contributed by atoms with Crippen molar-refractivity contribution in [1.82, 2.24) is 10.3 Å². The molecule has 0 radical (unpaired) electrons. The van der Waals surface area contributed by atoms with Crippen LogP contribution in [-0.2, 0) is 0 Å². The van der Waals surface area contributed by atoms with Crippen molar-refractivity contribution >= 4 is 5.91 Å². The first-order chi connectivity index (χ1) is 7.67. The topological polar surface area (TPSA) is 62.0 Å². The highest BCUT2D eigenvalue weighted by molar-refractivity contribution is 5.94. The lowest BCUT2D eigenvalue weighted by atomic mass is 10.1. The van der Waals surface area contributed by atoms with Crippen LogP contribution in [0.2, 0.25) is 0 Å². The predicted molar refractivity (Wildman–Crippen MR) is 62.1 cm³/mol. The summed E-state index contributed by atoms with van der Waals surface area (Å²) in [6.07, 6.45) is 8.30. The fourth-order valence-electron chi connectivity index (χ4n) is 1.28. The molecule has 1 rings (SSSR count). The Hall–Kier alpha value is -2.02. The molecule has 0 fully saturated rings. The molecule has 0 saturated carbocycles. The van der Waals surface area contributed by atoms with Gasteiger partial charge in [-0.2, -0.15) is 0 Å². The van der Waals surface area contributed by atoms with Crippen LogP contribution in [0.1, 0.15) is 30.1 Å². The van der Waals surface area contributed by atoms with E-state index in [1.165, 1.54) is 18.3 Å². The third-order valence-electron chi connectivity index (χ3n) is 2.13. The maximum Gasteiger partial charge on any atom is 0.253 e. The molecule has 16 heavy (non-hydrogen) atoms. The summed E-state index contributed by atoms with van der Waals surface area (Å²) in [6.45, 7) is 2.00.